The van der Waals surface area contributed by atoms with Crippen molar-refractivity contribution in [1.29, 1.82) is 0 Å². The van der Waals surface area contributed by atoms with Crippen LogP contribution in [0.1, 0.15) is 30.9 Å². The van der Waals surface area contributed by atoms with Crippen LogP contribution in [0.15, 0.2) is 59.6 Å². The number of rotatable bonds is 6. The Morgan fingerprint density at radius 3 is 2.29 bits per heavy atom. The number of likely N-dealkylation sites (tertiary alicyclic amines) is 1. The number of benzene rings is 2. The summed E-state index contributed by atoms with van der Waals surface area (Å²) >= 11 is 0. The molecule has 31 heavy (non-hydrogen) atoms. The molecule has 0 atom stereocenters. The SMILES string of the molecule is CCNC(=NCc1ccc(CN2CCCC2=O)cc1)N1CCN(c2ccccc2)CC1. The molecule has 1 amide bonds. The van der Waals surface area contributed by atoms with Gasteiger partial charge in [-0.3, -0.25) is 4.79 Å². The second-order valence-electron chi connectivity index (χ2n) is 8.22. The molecule has 0 saturated carbocycles. The number of piperazine rings is 1. The van der Waals surface area contributed by atoms with Crippen LogP contribution in [-0.2, 0) is 17.9 Å². The van der Waals surface area contributed by atoms with E-state index in [-0.39, 0.29) is 5.91 Å². The zero-order valence-corrected chi connectivity index (χ0v) is 18.5. The Morgan fingerprint density at radius 1 is 0.935 bits per heavy atom. The van der Waals surface area contributed by atoms with Gasteiger partial charge in [0.2, 0.25) is 5.91 Å². The summed E-state index contributed by atoms with van der Waals surface area (Å²) in [5.41, 5.74) is 3.67. The van der Waals surface area contributed by atoms with Gasteiger partial charge in [0.05, 0.1) is 6.54 Å². The van der Waals surface area contributed by atoms with Crippen molar-refractivity contribution in [2.24, 2.45) is 4.99 Å². The molecule has 0 unspecified atom stereocenters. The number of hydrogen-bond acceptors (Lipinski definition) is 3. The van der Waals surface area contributed by atoms with Crippen LogP contribution in [0.25, 0.3) is 0 Å². The molecule has 0 spiro atoms. The summed E-state index contributed by atoms with van der Waals surface area (Å²) in [5, 5.41) is 3.45. The van der Waals surface area contributed by atoms with Crippen molar-refractivity contribution >= 4 is 17.6 Å². The standard InChI is InChI=1S/C25H33N5O/c1-2-26-25(29-17-15-28(16-18-29)23-7-4-3-5-8-23)27-19-21-10-12-22(13-11-21)20-30-14-6-9-24(30)31/h3-5,7-8,10-13H,2,6,9,14-20H2,1H3,(H,26,27). The van der Waals surface area contributed by atoms with Gasteiger partial charge in [0, 0.05) is 57.9 Å². The van der Waals surface area contributed by atoms with Crippen LogP contribution in [-0.4, -0.2) is 60.9 Å². The first-order valence-corrected chi connectivity index (χ1v) is 11.4. The highest BCUT2D eigenvalue weighted by atomic mass is 16.2. The Labute approximate surface area is 185 Å². The lowest BCUT2D eigenvalue weighted by atomic mass is 10.1. The lowest BCUT2D eigenvalue weighted by molar-refractivity contribution is -0.128. The van der Waals surface area contributed by atoms with Crippen LogP contribution < -0.4 is 10.2 Å². The van der Waals surface area contributed by atoms with Gasteiger partial charge in [-0.15, -0.1) is 0 Å². The molecular weight excluding hydrogens is 386 g/mol. The second kappa shape index (κ2) is 10.3. The van der Waals surface area contributed by atoms with Crippen LogP contribution in [0, 0.1) is 0 Å². The average molecular weight is 420 g/mol. The number of amides is 1. The highest BCUT2D eigenvalue weighted by Gasteiger charge is 2.21. The van der Waals surface area contributed by atoms with Crippen molar-refractivity contribution in [3.05, 3.63) is 65.7 Å². The number of aliphatic imine (C=N–C) groups is 1. The third-order valence-electron chi connectivity index (χ3n) is 6.01. The molecule has 2 fully saturated rings. The fraction of sp³-hybridized carbons (Fsp3) is 0.440. The fourth-order valence-corrected chi connectivity index (χ4v) is 4.25. The summed E-state index contributed by atoms with van der Waals surface area (Å²) in [4.78, 5) is 23.5. The van der Waals surface area contributed by atoms with E-state index in [2.05, 4.69) is 76.6 Å². The van der Waals surface area contributed by atoms with Crippen LogP contribution >= 0.6 is 0 Å². The molecule has 2 aromatic rings. The Balaban J connectivity index is 1.33. The Bertz CT molecular complexity index is 873. The van der Waals surface area contributed by atoms with E-state index in [0.717, 1.165) is 58.2 Å². The van der Waals surface area contributed by atoms with Gasteiger partial charge in [-0.2, -0.15) is 0 Å². The molecule has 0 radical (unpaired) electrons. The number of nitrogens with one attached hydrogen (secondary N) is 1. The molecule has 164 valence electrons. The molecular formula is C25H33N5O. The zero-order chi connectivity index (χ0) is 21.5. The first-order chi connectivity index (χ1) is 15.2. The van der Waals surface area contributed by atoms with E-state index in [1.807, 2.05) is 4.90 Å². The van der Waals surface area contributed by atoms with Gasteiger partial charge < -0.3 is 20.0 Å². The van der Waals surface area contributed by atoms with Crippen molar-refractivity contribution in [2.45, 2.75) is 32.9 Å². The summed E-state index contributed by atoms with van der Waals surface area (Å²) in [6.07, 6.45) is 1.68. The maximum atomic E-state index is 11.8. The Kier molecular flexibility index (Phi) is 7.07. The van der Waals surface area contributed by atoms with Gasteiger partial charge >= 0.3 is 0 Å². The molecule has 2 aromatic carbocycles. The largest absolute Gasteiger partial charge is 0.368 e. The topological polar surface area (TPSA) is 51.2 Å². The van der Waals surface area contributed by atoms with Gasteiger partial charge in [-0.1, -0.05) is 42.5 Å². The lowest BCUT2D eigenvalue weighted by Gasteiger charge is -2.37. The van der Waals surface area contributed by atoms with Crippen LogP contribution in [0.5, 0.6) is 0 Å². The van der Waals surface area contributed by atoms with E-state index in [4.69, 9.17) is 4.99 Å². The molecule has 0 bridgehead atoms. The molecule has 2 aliphatic rings. The molecule has 6 nitrogen and oxygen atoms in total. The summed E-state index contributed by atoms with van der Waals surface area (Å²) in [5.74, 6) is 1.26. The predicted molar refractivity (Wildman–Crippen MR) is 126 cm³/mol. The maximum Gasteiger partial charge on any atom is 0.222 e. The smallest absolute Gasteiger partial charge is 0.222 e. The van der Waals surface area contributed by atoms with Crippen LogP contribution in [0.3, 0.4) is 0 Å². The van der Waals surface area contributed by atoms with Crippen molar-refractivity contribution < 1.29 is 4.79 Å². The predicted octanol–water partition coefficient (Wildman–Crippen LogP) is 3.10. The molecule has 2 saturated heterocycles. The molecule has 1 N–H and O–H groups in total. The van der Waals surface area contributed by atoms with E-state index >= 15 is 0 Å². The first-order valence-electron chi connectivity index (χ1n) is 11.4. The molecule has 4 rings (SSSR count). The van der Waals surface area contributed by atoms with Crippen molar-refractivity contribution in [1.82, 2.24) is 15.1 Å². The van der Waals surface area contributed by atoms with E-state index < -0.39 is 0 Å². The third kappa shape index (κ3) is 5.57. The maximum absolute atomic E-state index is 11.8. The highest BCUT2D eigenvalue weighted by molar-refractivity contribution is 5.80. The van der Waals surface area contributed by atoms with Gasteiger partial charge in [-0.25, -0.2) is 4.99 Å². The molecule has 2 aliphatic heterocycles. The monoisotopic (exact) mass is 419 g/mol. The minimum Gasteiger partial charge on any atom is -0.368 e. The van der Waals surface area contributed by atoms with Crippen molar-refractivity contribution in [3.63, 3.8) is 0 Å². The van der Waals surface area contributed by atoms with E-state index in [9.17, 15) is 4.79 Å². The molecule has 0 aliphatic carbocycles. The van der Waals surface area contributed by atoms with E-state index in [1.54, 1.807) is 0 Å². The molecule has 6 heteroatoms. The van der Waals surface area contributed by atoms with E-state index in [1.165, 1.54) is 16.8 Å². The minimum atomic E-state index is 0.274. The number of para-hydroxylation sites is 1. The summed E-state index contributed by atoms with van der Waals surface area (Å²) in [7, 11) is 0. The van der Waals surface area contributed by atoms with Gasteiger partial charge in [0.25, 0.3) is 0 Å². The zero-order valence-electron chi connectivity index (χ0n) is 18.5. The van der Waals surface area contributed by atoms with Crippen molar-refractivity contribution in [3.8, 4) is 0 Å². The van der Waals surface area contributed by atoms with Crippen LogP contribution in [0.2, 0.25) is 0 Å². The number of carbonyl (C=O) groups excluding carboxylic acids is 1. The quantitative estimate of drug-likeness (QED) is 0.578. The minimum absolute atomic E-state index is 0.274. The number of anilines is 1. The van der Waals surface area contributed by atoms with Gasteiger partial charge in [0.15, 0.2) is 5.96 Å². The summed E-state index contributed by atoms with van der Waals surface area (Å²) in [6.45, 7) is 9.16. The lowest BCUT2D eigenvalue weighted by Crippen LogP contribution is -2.52. The Morgan fingerprint density at radius 2 is 1.65 bits per heavy atom. The van der Waals surface area contributed by atoms with Gasteiger partial charge in [-0.05, 0) is 36.6 Å². The number of nitrogens with zero attached hydrogens (tertiary/aromatic N) is 4. The first kappa shape index (κ1) is 21.2. The number of hydrogen-bond donors (Lipinski definition) is 1. The van der Waals surface area contributed by atoms with E-state index in [0.29, 0.717) is 13.0 Å². The molecule has 2 heterocycles. The normalized spacial score (nSPS) is 17.4. The second-order valence-corrected chi connectivity index (χ2v) is 8.22. The fourth-order valence-electron chi connectivity index (χ4n) is 4.25. The van der Waals surface area contributed by atoms with Gasteiger partial charge in [0.1, 0.15) is 0 Å². The van der Waals surface area contributed by atoms with Crippen molar-refractivity contribution in [2.75, 3.05) is 44.2 Å². The highest BCUT2D eigenvalue weighted by Crippen LogP contribution is 2.17. The third-order valence-corrected chi connectivity index (χ3v) is 6.01. The summed E-state index contributed by atoms with van der Waals surface area (Å²) in [6, 6.07) is 19.1. The van der Waals surface area contributed by atoms with Crippen LogP contribution in [0.4, 0.5) is 5.69 Å². The summed E-state index contributed by atoms with van der Waals surface area (Å²) < 4.78 is 0. The number of carbonyl (C=O) groups is 1. The molecule has 0 aromatic heterocycles. The number of guanidine groups is 1. The Hall–Kier alpha value is -3.02. The average Bonchev–Trinajstić information content (AvgIpc) is 3.22.